The minimum absolute atomic E-state index is 0.0524. The van der Waals surface area contributed by atoms with Crippen molar-refractivity contribution in [3.63, 3.8) is 0 Å². The normalized spacial score (nSPS) is 18.0. The Bertz CT molecular complexity index is 1730. The first kappa shape index (κ1) is 37.1. The molecule has 1 amide bonds. The van der Waals surface area contributed by atoms with E-state index in [2.05, 4.69) is 43.8 Å². The molecule has 0 unspecified atom stereocenters. The third-order valence-electron chi connectivity index (χ3n) is 9.15. The van der Waals surface area contributed by atoms with Gasteiger partial charge in [0.05, 0.1) is 28.7 Å². The summed E-state index contributed by atoms with van der Waals surface area (Å²) in [6, 6.07) is 4.93. The number of halogens is 3. The molecule has 3 aromatic rings. The zero-order valence-electron chi connectivity index (χ0n) is 29.6. The maximum Gasteiger partial charge on any atom is 0.410 e. The highest BCUT2D eigenvalue weighted by Gasteiger charge is 2.42. The van der Waals surface area contributed by atoms with Crippen LogP contribution < -0.4 is 10.6 Å². The van der Waals surface area contributed by atoms with E-state index in [4.69, 9.17) is 32.4 Å². The average molecular weight is 709 g/mol. The van der Waals surface area contributed by atoms with Crippen LogP contribution in [-0.4, -0.2) is 71.2 Å². The Kier molecular flexibility index (Phi) is 10.5. The van der Waals surface area contributed by atoms with Crippen LogP contribution in [0.4, 0.5) is 15.0 Å². The van der Waals surface area contributed by atoms with Gasteiger partial charge in [-0.3, -0.25) is 0 Å². The van der Waals surface area contributed by atoms with Gasteiger partial charge >= 0.3 is 11.8 Å². The summed E-state index contributed by atoms with van der Waals surface area (Å²) in [5.41, 5.74) is 1.10. The number of hydrogen-bond acceptors (Lipinski definition) is 7. The molecule has 2 atom stereocenters. The number of rotatable bonds is 6. The summed E-state index contributed by atoms with van der Waals surface area (Å²) < 4.78 is 29.3. The maximum absolute atomic E-state index is 15.5. The van der Waals surface area contributed by atoms with Crippen LogP contribution >= 0.6 is 23.2 Å². The first-order valence-electron chi connectivity index (χ1n) is 16.0. The Morgan fingerprint density at radius 3 is 2.32 bits per heavy atom. The summed E-state index contributed by atoms with van der Waals surface area (Å²) in [6.45, 7) is 24.7. The quantitative estimate of drug-likeness (QED) is 0.187. The van der Waals surface area contributed by atoms with Gasteiger partial charge in [0, 0.05) is 19.1 Å². The molecule has 258 valence electrons. The van der Waals surface area contributed by atoms with Crippen molar-refractivity contribution in [3.05, 3.63) is 55.8 Å². The second-order valence-corrected chi connectivity index (χ2v) is 20.9. The number of carbonyl (C=O) groups is 1. The summed E-state index contributed by atoms with van der Waals surface area (Å²) >= 11 is 13.1. The van der Waals surface area contributed by atoms with E-state index in [0.29, 0.717) is 5.69 Å². The molecule has 13 heteroatoms. The lowest BCUT2D eigenvalue weighted by Crippen LogP contribution is -2.62. The van der Waals surface area contributed by atoms with E-state index in [1.807, 2.05) is 71.6 Å². The Morgan fingerprint density at radius 1 is 1.11 bits per heavy atom. The zero-order chi connectivity index (χ0) is 35.4. The second-order valence-electron chi connectivity index (χ2n) is 15.3. The molecule has 0 aliphatic carbocycles. The number of carbonyl (C=O) groups excluding carboxylic acids is 1. The van der Waals surface area contributed by atoms with E-state index in [9.17, 15) is 9.59 Å². The number of nitrogens with zero attached hydrogens (tertiary/aromatic N) is 5. The van der Waals surface area contributed by atoms with Gasteiger partial charge in [-0.25, -0.2) is 23.5 Å². The van der Waals surface area contributed by atoms with Crippen molar-refractivity contribution in [1.82, 2.24) is 19.4 Å². The van der Waals surface area contributed by atoms with Gasteiger partial charge < -0.3 is 19.0 Å². The fraction of sp³-hybridized carbons (Fsp3) is 0.588. The number of aryl methyl sites for hydroxylation is 1. The molecule has 0 N–H and O–H groups in total. The number of fused-ring (bicyclic) bond motifs is 1. The van der Waals surface area contributed by atoms with Crippen molar-refractivity contribution in [2.24, 2.45) is 0 Å². The lowest BCUT2D eigenvalue weighted by molar-refractivity contribution is 0.0105. The number of anilines is 1. The fourth-order valence-electron chi connectivity index (χ4n) is 5.54. The monoisotopic (exact) mass is 707 g/mol. The molecule has 2 aromatic heterocycles. The van der Waals surface area contributed by atoms with Gasteiger partial charge in [-0.2, -0.15) is 4.98 Å². The third-order valence-corrected chi connectivity index (χ3v) is 14.3. The fourth-order valence-corrected chi connectivity index (χ4v) is 7.07. The van der Waals surface area contributed by atoms with E-state index in [-0.39, 0.29) is 58.6 Å². The van der Waals surface area contributed by atoms with Gasteiger partial charge in [0.15, 0.2) is 24.9 Å². The Labute approximate surface area is 288 Å². The van der Waals surface area contributed by atoms with E-state index in [1.54, 1.807) is 4.90 Å². The van der Waals surface area contributed by atoms with Crippen molar-refractivity contribution in [3.8, 4) is 5.69 Å². The molecule has 0 bridgehead atoms. The van der Waals surface area contributed by atoms with Gasteiger partial charge in [0.25, 0.3) is 0 Å². The Morgan fingerprint density at radius 2 is 1.74 bits per heavy atom. The van der Waals surface area contributed by atoms with Crippen LogP contribution in [0.25, 0.3) is 16.7 Å². The highest BCUT2D eigenvalue weighted by atomic mass is 35.5. The molecule has 0 radical (unpaired) electrons. The van der Waals surface area contributed by atoms with E-state index >= 15 is 4.39 Å². The maximum atomic E-state index is 15.5. The van der Waals surface area contributed by atoms with E-state index < -0.39 is 42.7 Å². The zero-order valence-corrected chi connectivity index (χ0v) is 32.1. The van der Waals surface area contributed by atoms with Crippen LogP contribution in [0.1, 0.15) is 79.4 Å². The number of hydrogen-bond donors (Lipinski definition) is 0. The number of aromatic nitrogens is 3. The van der Waals surface area contributed by atoms with Crippen molar-refractivity contribution in [1.29, 1.82) is 0 Å². The minimum Gasteiger partial charge on any atom is -0.444 e. The lowest BCUT2D eigenvalue weighted by Gasteiger charge is -2.47. The SMILES string of the molecule is Cc1cccc(C(C)C)c1-n1c(=O)nc(N2C[C@@H](C)N(C(=O)OC(C)(C)C)C[C@H]2CO[Si](C)(C)C(C)(C)C)c2c(Cl)c(F)c(Cl)nc21. The van der Waals surface area contributed by atoms with Gasteiger partial charge in [0.2, 0.25) is 0 Å². The molecule has 1 aromatic carbocycles. The first-order chi connectivity index (χ1) is 21.6. The van der Waals surface area contributed by atoms with Crippen LogP contribution in [-0.2, 0) is 9.16 Å². The van der Waals surface area contributed by atoms with E-state index in [1.165, 1.54) is 4.57 Å². The predicted molar refractivity (Wildman–Crippen MR) is 191 cm³/mol. The molecule has 0 saturated carbocycles. The summed E-state index contributed by atoms with van der Waals surface area (Å²) in [4.78, 5) is 40.2. The topological polar surface area (TPSA) is 89.8 Å². The predicted octanol–water partition coefficient (Wildman–Crippen LogP) is 8.49. The summed E-state index contributed by atoms with van der Waals surface area (Å²) in [5.74, 6) is -0.692. The van der Waals surface area contributed by atoms with Gasteiger partial charge in [-0.05, 0) is 69.8 Å². The number of amides is 1. The van der Waals surface area contributed by atoms with Crippen molar-refractivity contribution >= 4 is 54.5 Å². The van der Waals surface area contributed by atoms with Crippen LogP contribution in [0.5, 0.6) is 0 Å². The molecule has 0 spiro atoms. The second kappa shape index (κ2) is 13.3. The molecule has 1 saturated heterocycles. The molecule has 4 rings (SSSR count). The molecule has 1 fully saturated rings. The van der Waals surface area contributed by atoms with Crippen molar-refractivity contribution < 1.29 is 18.3 Å². The third kappa shape index (κ3) is 7.48. The van der Waals surface area contributed by atoms with Crippen LogP contribution in [0.15, 0.2) is 23.0 Å². The highest BCUT2D eigenvalue weighted by molar-refractivity contribution is 6.74. The number of ether oxygens (including phenoxy) is 1. The molecule has 9 nitrogen and oxygen atoms in total. The number of pyridine rings is 1. The standard InChI is InChI=1S/C34H48Cl2FN5O4Si/c1-19(2)23-15-13-14-20(3)27(23)42-30-24(25(35)26(37)28(36)38-30)29(39-31(42)43)41-16-21(4)40(32(44)46-33(5,6)7)17-22(41)18-45-47(11,12)34(8,9)10/h13-15,19,21-22H,16-18H2,1-12H3/t21-,22+/m1/s1. The Hall–Kier alpha value is -2.73. The molecule has 3 heterocycles. The summed E-state index contributed by atoms with van der Waals surface area (Å²) in [5, 5.41) is -0.665. The largest absolute Gasteiger partial charge is 0.444 e. The van der Waals surface area contributed by atoms with Crippen molar-refractivity contribution in [2.75, 3.05) is 24.6 Å². The van der Waals surface area contributed by atoms with E-state index in [0.717, 1.165) is 11.1 Å². The van der Waals surface area contributed by atoms with Gasteiger partial charge in [-0.15, -0.1) is 0 Å². The molecular formula is C34H48Cl2FN5O4Si. The summed E-state index contributed by atoms with van der Waals surface area (Å²) in [7, 11) is -2.26. The first-order valence-corrected chi connectivity index (χ1v) is 19.7. The Balaban J connectivity index is 1.97. The average Bonchev–Trinajstić information content (AvgIpc) is 2.93. The number of piperazine rings is 1. The summed E-state index contributed by atoms with van der Waals surface area (Å²) in [6.07, 6.45) is -0.450. The van der Waals surface area contributed by atoms with Gasteiger partial charge in [-0.1, -0.05) is 76.0 Å². The van der Waals surface area contributed by atoms with Gasteiger partial charge in [0.1, 0.15) is 11.4 Å². The minimum atomic E-state index is -2.26. The smallest absolute Gasteiger partial charge is 0.410 e. The molecule has 1 aliphatic heterocycles. The molecule has 1 aliphatic rings. The number of para-hydroxylation sites is 1. The number of benzene rings is 1. The van der Waals surface area contributed by atoms with Crippen LogP contribution in [0.2, 0.25) is 28.3 Å². The molecule has 47 heavy (non-hydrogen) atoms. The van der Waals surface area contributed by atoms with Crippen LogP contribution in [0.3, 0.4) is 0 Å². The van der Waals surface area contributed by atoms with Crippen LogP contribution in [0, 0.1) is 12.7 Å². The van der Waals surface area contributed by atoms with Crippen molar-refractivity contribution in [2.45, 2.75) is 111 Å². The lowest BCUT2D eigenvalue weighted by atomic mass is 9.98. The highest BCUT2D eigenvalue weighted by Crippen LogP contribution is 2.40. The molecular weight excluding hydrogens is 660 g/mol.